The number of fused-ring (bicyclic) bond motifs is 3. The van der Waals surface area contributed by atoms with Gasteiger partial charge in [-0.25, -0.2) is 0 Å². The number of anilines is 1. The number of nitrogens with one attached hydrogen (secondary N) is 2. The minimum absolute atomic E-state index is 0. The Kier molecular flexibility index (Phi) is 10.1. The van der Waals surface area contributed by atoms with Gasteiger partial charge in [0.1, 0.15) is 11.6 Å². The molecule has 3 aliphatic rings. The zero-order chi connectivity index (χ0) is 19.6. The van der Waals surface area contributed by atoms with Gasteiger partial charge in [-0.15, -0.1) is 37.2 Å². The molecule has 32 heavy (non-hydrogen) atoms. The predicted molar refractivity (Wildman–Crippen MR) is 140 cm³/mol. The van der Waals surface area contributed by atoms with Gasteiger partial charge in [0.25, 0.3) is 0 Å². The van der Waals surface area contributed by atoms with Crippen molar-refractivity contribution in [2.24, 2.45) is 4.99 Å². The first kappa shape index (κ1) is 26.7. The van der Waals surface area contributed by atoms with Crippen molar-refractivity contribution in [2.75, 3.05) is 31.6 Å². The topological polar surface area (TPSA) is 48.9 Å². The number of benzene rings is 2. The normalized spacial score (nSPS) is 21.2. The van der Waals surface area contributed by atoms with Gasteiger partial charge in [0.15, 0.2) is 0 Å². The van der Waals surface area contributed by atoms with Crippen LogP contribution in [0.3, 0.4) is 0 Å². The van der Waals surface area contributed by atoms with E-state index in [1.54, 1.807) is 7.11 Å². The average molecular weight is 500 g/mol. The summed E-state index contributed by atoms with van der Waals surface area (Å²) in [5, 5.41) is 7.55. The van der Waals surface area contributed by atoms with Crippen molar-refractivity contribution in [3.05, 3.63) is 59.2 Å². The second kappa shape index (κ2) is 12.1. The Labute approximate surface area is 209 Å². The number of amidine groups is 1. The number of aryl methyl sites for hydroxylation is 1. The van der Waals surface area contributed by atoms with Crippen LogP contribution in [0.4, 0.5) is 5.69 Å². The summed E-state index contributed by atoms with van der Waals surface area (Å²) in [5.74, 6) is 2.25. The van der Waals surface area contributed by atoms with Crippen molar-refractivity contribution in [3.63, 3.8) is 0 Å². The van der Waals surface area contributed by atoms with E-state index in [9.17, 15) is 0 Å². The first-order valence-corrected chi connectivity index (χ1v) is 10.9. The zero-order valence-electron chi connectivity index (χ0n) is 18.4. The standard InChI is InChI=1S/C24H30N4O.3ClH/c1-29-22-15-18-9-10-23-25-12-13-28(23)21(18)14-19(22)16-27-20-8-5-11-26-24(20)17-6-3-2-4-7-17;;;/h2-4,6-7,14-15,20,24,26-27H,5,8-13,16H2,1H3;3*1H/t20-,24-;;;/m0.../s1. The van der Waals surface area contributed by atoms with Crippen LogP contribution >= 0.6 is 37.2 Å². The Morgan fingerprint density at radius 3 is 2.72 bits per heavy atom. The summed E-state index contributed by atoms with van der Waals surface area (Å²) in [6, 6.07) is 16.1. The van der Waals surface area contributed by atoms with Gasteiger partial charge in [-0.05, 0) is 49.1 Å². The highest BCUT2D eigenvalue weighted by Crippen LogP contribution is 2.36. The molecule has 3 aliphatic heterocycles. The maximum absolute atomic E-state index is 5.77. The smallest absolute Gasteiger partial charge is 0.123 e. The van der Waals surface area contributed by atoms with Crippen molar-refractivity contribution in [3.8, 4) is 5.75 Å². The first-order chi connectivity index (χ1) is 14.3. The maximum Gasteiger partial charge on any atom is 0.123 e. The lowest BCUT2D eigenvalue weighted by Crippen LogP contribution is -2.45. The molecule has 0 spiro atoms. The third-order valence-corrected chi connectivity index (χ3v) is 6.49. The molecule has 1 fully saturated rings. The second-order valence-electron chi connectivity index (χ2n) is 8.21. The van der Waals surface area contributed by atoms with Crippen LogP contribution in [-0.2, 0) is 13.0 Å². The SMILES string of the molecule is COc1cc2c(cc1CN[C@H]1CCCN[C@H]1c1ccccc1)N1CCN=C1CC2.Cl.Cl.Cl. The molecule has 0 bridgehead atoms. The molecule has 0 unspecified atom stereocenters. The summed E-state index contributed by atoms with van der Waals surface area (Å²) in [5.41, 5.74) is 5.30. The molecule has 176 valence electrons. The Balaban J connectivity index is 0.00000121. The van der Waals surface area contributed by atoms with Crippen LogP contribution in [-0.4, -0.2) is 38.6 Å². The summed E-state index contributed by atoms with van der Waals surface area (Å²) in [6.07, 6.45) is 4.48. The number of hydrogen-bond donors (Lipinski definition) is 2. The van der Waals surface area contributed by atoms with Gasteiger partial charge in [0.05, 0.1) is 13.7 Å². The molecule has 0 amide bonds. The van der Waals surface area contributed by atoms with Gasteiger partial charge in [0, 0.05) is 42.8 Å². The maximum atomic E-state index is 5.77. The molecule has 5 rings (SSSR count). The van der Waals surface area contributed by atoms with Crippen molar-refractivity contribution in [1.82, 2.24) is 10.6 Å². The van der Waals surface area contributed by atoms with Gasteiger partial charge >= 0.3 is 0 Å². The quantitative estimate of drug-likeness (QED) is 0.626. The van der Waals surface area contributed by atoms with E-state index in [1.165, 1.54) is 41.1 Å². The van der Waals surface area contributed by atoms with Crippen LogP contribution in [0.2, 0.25) is 0 Å². The molecule has 2 aromatic rings. The number of nitrogens with zero attached hydrogens (tertiary/aromatic N) is 2. The van der Waals surface area contributed by atoms with Crippen molar-refractivity contribution >= 4 is 48.7 Å². The number of aliphatic imine (C=N–C) groups is 1. The first-order valence-electron chi connectivity index (χ1n) is 10.9. The zero-order valence-corrected chi connectivity index (χ0v) is 20.8. The summed E-state index contributed by atoms with van der Waals surface area (Å²) < 4.78 is 5.77. The van der Waals surface area contributed by atoms with Crippen LogP contribution in [0.5, 0.6) is 5.75 Å². The molecule has 3 heterocycles. The lowest BCUT2D eigenvalue weighted by Gasteiger charge is -2.34. The van der Waals surface area contributed by atoms with E-state index >= 15 is 0 Å². The number of methoxy groups -OCH3 is 1. The van der Waals surface area contributed by atoms with E-state index in [0.29, 0.717) is 12.1 Å². The van der Waals surface area contributed by atoms with Crippen molar-refractivity contribution in [1.29, 1.82) is 0 Å². The van der Waals surface area contributed by atoms with E-state index < -0.39 is 0 Å². The number of piperidine rings is 1. The Morgan fingerprint density at radius 1 is 1.12 bits per heavy atom. The minimum Gasteiger partial charge on any atom is -0.496 e. The highest BCUT2D eigenvalue weighted by atomic mass is 35.5. The van der Waals surface area contributed by atoms with E-state index in [2.05, 4.69) is 63.0 Å². The lowest BCUT2D eigenvalue weighted by molar-refractivity contribution is 0.303. The van der Waals surface area contributed by atoms with Gasteiger partial charge < -0.3 is 20.3 Å². The molecular formula is C24H33Cl3N4O. The van der Waals surface area contributed by atoms with Crippen LogP contribution in [0.15, 0.2) is 47.5 Å². The van der Waals surface area contributed by atoms with Gasteiger partial charge in [0.2, 0.25) is 0 Å². The Hall–Kier alpha value is -1.50. The fourth-order valence-electron chi connectivity index (χ4n) is 5.01. The third-order valence-electron chi connectivity index (χ3n) is 6.49. The van der Waals surface area contributed by atoms with Crippen molar-refractivity contribution in [2.45, 2.75) is 44.3 Å². The summed E-state index contributed by atoms with van der Waals surface area (Å²) in [4.78, 5) is 7.08. The molecule has 0 aliphatic carbocycles. The van der Waals surface area contributed by atoms with E-state index in [-0.39, 0.29) is 37.2 Å². The fraction of sp³-hybridized carbons (Fsp3) is 0.458. The number of hydrogen-bond acceptors (Lipinski definition) is 5. The monoisotopic (exact) mass is 498 g/mol. The van der Waals surface area contributed by atoms with Gasteiger partial charge in [-0.2, -0.15) is 0 Å². The molecule has 2 aromatic carbocycles. The predicted octanol–water partition coefficient (Wildman–Crippen LogP) is 4.71. The van der Waals surface area contributed by atoms with Crippen LogP contribution in [0, 0.1) is 0 Å². The fourth-order valence-corrected chi connectivity index (χ4v) is 5.01. The van der Waals surface area contributed by atoms with Crippen molar-refractivity contribution < 1.29 is 4.74 Å². The molecule has 0 aromatic heterocycles. The molecule has 5 nitrogen and oxygen atoms in total. The Bertz CT molecular complexity index is 910. The molecule has 8 heteroatoms. The van der Waals surface area contributed by atoms with E-state index in [1.807, 2.05) is 0 Å². The number of halogens is 3. The number of ether oxygens (including phenoxy) is 1. The number of rotatable bonds is 5. The summed E-state index contributed by atoms with van der Waals surface area (Å²) in [6.45, 7) is 3.81. The molecule has 1 saturated heterocycles. The van der Waals surface area contributed by atoms with Gasteiger partial charge in [-0.1, -0.05) is 30.3 Å². The molecule has 2 N–H and O–H groups in total. The van der Waals surface area contributed by atoms with Crippen LogP contribution in [0.25, 0.3) is 0 Å². The van der Waals surface area contributed by atoms with E-state index in [0.717, 1.165) is 44.8 Å². The third kappa shape index (κ3) is 5.35. The van der Waals surface area contributed by atoms with Crippen LogP contribution in [0.1, 0.15) is 42.0 Å². The Morgan fingerprint density at radius 2 is 1.94 bits per heavy atom. The molecule has 2 atom stereocenters. The average Bonchev–Trinajstić information content (AvgIpc) is 3.27. The molecular weight excluding hydrogens is 467 g/mol. The lowest BCUT2D eigenvalue weighted by atomic mass is 9.92. The minimum atomic E-state index is 0. The second-order valence-corrected chi connectivity index (χ2v) is 8.21. The molecule has 0 saturated carbocycles. The largest absolute Gasteiger partial charge is 0.496 e. The van der Waals surface area contributed by atoms with E-state index in [4.69, 9.17) is 4.74 Å². The van der Waals surface area contributed by atoms with Crippen LogP contribution < -0.4 is 20.3 Å². The van der Waals surface area contributed by atoms with Gasteiger partial charge in [-0.3, -0.25) is 4.99 Å². The molecule has 0 radical (unpaired) electrons. The summed E-state index contributed by atoms with van der Waals surface area (Å²) >= 11 is 0. The highest BCUT2D eigenvalue weighted by Gasteiger charge is 2.28. The summed E-state index contributed by atoms with van der Waals surface area (Å²) in [7, 11) is 1.78. The highest BCUT2D eigenvalue weighted by molar-refractivity contribution is 6.02.